The summed E-state index contributed by atoms with van der Waals surface area (Å²) >= 11 is 5.25. The number of hydrogen-bond donors (Lipinski definition) is 0. The highest BCUT2D eigenvalue weighted by Crippen LogP contribution is 2.18. The Hall–Kier alpha value is -0.170. The van der Waals surface area contributed by atoms with Gasteiger partial charge in [-0.15, -0.1) is 0 Å². The van der Waals surface area contributed by atoms with E-state index in [1.807, 2.05) is 0 Å². The van der Waals surface area contributed by atoms with Gasteiger partial charge in [0.25, 0.3) is 0 Å². The minimum atomic E-state index is 0.884. The Balaban J connectivity index is 3.35. The zero-order chi connectivity index (χ0) is 13.8. The van der Waals surface area contributed by atoms with Gasteiger partial charge in [-0.05, 0) is 49.3 Å². The molecular formula is C17H32S. The fraction of sp³-hybridized carbons (Fsp3) is 0.824. The van der Waals surface area contributed by atoms with E-state index in [-0.39, 0.29) is 0 Å². The second-order valence-corrected chi connectivity index (χ2v) is 6.17. The van der Waals surface area contributed by atoms with Gasteiger partial charge in [-0.3, -0.25) is 0 Å². The zero-order valence-corrected chi connectivity index (χ0v) is 13.6. The van der Waals surface area contributed by atoms with E-state index in [0.29, 0.717) is 0 Å². The lowest BCUT2D eigenvalue weighted by Crippen LogP contribution is -1.97. The lowest BCUT2D eigenvalue weighted by atomic mass is 9.95. The van der Waals surface area contributed by atoms with Gasteiger partial charge in [0.2, 0.25) is 0 Å². The van der Waals surface area contributed by atoms with Gasteiger partial charge >= 0.3 is 0 Å². The van der Waals surface area contributed by atoms with Crippen molar-refractivity contribution in [3.05, 3.63) is 12.2 Å². The summed E-state index contributed by atoms with van der Waals surface area (Å²) in [5.74, 6) is 0.884. The molecule has 0 aromatic carbocycles. The highest BCUT2D eigenvalue weighted by atomic mass is 32.1. The molecule has 0 nitrogen and oxygen atoms in total. The van der Waals surface area contributed by atoms with Crippen LogP contribution in [0.5, 0.6) is 0 Å². The molecule has 0 aliphatic heterocycles. The lowest BCUT2D eigenvalue weighted by molar-refractivity contribution is 0.446. The molecule has 0 N–H and O–H groups in total. The van der Waals surface area contributed by atoms with Crippen LogP contribution < -0.4 is 0 Å². The number of rotatable bonds is 12. The van der Waals surface area contributed by atoms with Crippen LogP contribution in [-0.2, 0) is 0 Å². The molecule has 1 heteroatoms. The first-order valence-corrected chi connectivity index (χ1v) is 8.19. The summed E-state index contributed by atoms with van der Waals surface area (Å²) in [6.45, 7) is 10.8. The minimum Gasteiger partial charge on any atom is -0.0999 e. The second kappa shape index (κ2) is 11.9. The molecule has 18 heavy (non-hydrogen) atoms. The van der Waals surface area contributed by atoms with Crippen molar-refractivity contribution >= 4 is 17.1 Å². The summed E-state index contributed by atoms with van der Waals surface area (Å²) in [7, 11) is 0. The summed E-state index contributed by atoms with van der Waals surface area (Å²) in [5.41, 5.74) is 1.41. The van der Waals surface area contributed by atoms with Gasteiger partial charge < -0.3 is 0 Å². The largest absolute Gasteiger partial charge is 0.0999 e. The first kappa shape index (κ1) is 17.8. The standard InChI is InChI=1S/C17H32S/c1-5-15(3)11-7-8-12-16(4)13-9-10-14-17(18)6-2/h16H,3,5-14H2,1-2,4H3. The number of unbranched alkanes of at least 4 members (excludes halogenated alkanes) is 2. The molecule has 0 spiro atoms. The molecule has 1 atom stereocenters. The maximum absolute atomic E-state index is 5.25. The summed E-state index contributed by atoms with van der Waals surface area (Å²) in [6, 6.07) is 0. The molecular weight excluding hydrogens is 236 g/mol. The number of hydrogen-bond acceptors (Lipinski definition) is 1. The van der Waals surface area contributed by atoms with Crippen molar-refractivity contribution in [2.45, 2.75) is 85.0 Å². The maximum atomic E-state index is 5.25. The van der Waals surface area contributed by atoms with Crippen LogP contribution in [0.25, 0.3) is 0 Å². The van der Waals surface area contributed by atoms with Crippen LogP contribution in [0.3, 0.4) is 0 Å². The van der Waals surface area contributed by atoms with E-state index in [1.54, 1.807) is 0 Å². The van der Waals surface area contributed by atoms with Gasteiger partial charge in [0, 0.05) is 0 Å². The third-order valence-electron chi connectivity index (χ3n) is 3.77. The first-order chi connectivity index (χ1) is 8.60. The van der Waals surface area contributed by atoms with E-state index >= 15 is 0 Å². The Morgan fingerprint density at radius 3 is 2.00 bits per heavy atom. The van der Waals surface area contributed by atoms with Gasteiger partial charge in [-0.25, -0.2) is 0 Å². The zero-order valence-electron chi connectivity index (χ0n) is 12.8. The summed E-state index contributed by atoms with van der Waals surface area (Å²) in [5, 5.41) is 0. The van der Waals surface area contributed by atoms with Crippen LogP contribution in [0, 0.1) is 5.92 Å². The molecule has 0 aliphatic carbocycles. The van der Waals surface area contributed by atoms with E-state index in [2.05, 4.69) is 27.4 Å². The molecule has 0 saturated heterocycles. The quantitative estimate of drug-likeness (QED) is 0.221. The van der Waals surface area contributed by atoms with E-state index in [1.165, 1.54) is 55.4 Å². The van der Waals surface area contributed by atoms with E-state index in [4.69, 9.17) is 12.2 Å². The van der Waals surface area contributed by atoms with Crippen LogP contribution in [-0.4, -0.2) is 4.86 Å². The van der Waals surface area contributed by atoms with E-state index in [9.17, 15) is 0 Å². The summed E-state index contributed by atoms with van der Waals surface area (Å²) in [4.78, 5) is 1.25. The SMILES string of the molecule is C=C(CC)CCCCC(C)CCCCC(=S)CC. The average Bonchev–Trinajstić information content (AvgIpc) is 2.38. The third kappa shape index (κ3) is 11.0. The van der Waals surface area contributed by atoms with Crippen LogP contribution in [0.2, 0.25) is 0 Å². The molecule has 0 aromatic heterocycles. The van der Waals surface area contributed by atoms with E-state index < -0.39 is 0 Å². The van der Waals surface area contributed by atoms with Crippen molar-refractivity contribution in [1.82, 2.24) is 0 Å². The molecule has 0 saturated carbocycles. The first-order valence-electron chi connectivity index (χ1n) is 7.78. The Bertz CT molecular complexity index is 206. The predicted molar refractivity (Wildman–Crippen MR) is 88.4 cm³/mol. The van der Waals surface area contributed by atoms with Crippen molar-refractivity contribution < 1.29 is 0 Å². The van der Waals surface area contributed by atoms with Gasteiger partial charge in [0.15, 0.2) is 0 Å². The Morgan fingerprint density at radius 1 is 0.944 bits per heavy atom. The van der Waals surface area contributed by atoms with Crippen LogP contribution in [0.15, 0.2) is 12.2 Å². The van der Waals surface area contributed by atoms with Gasteiger partial charge in [0.1, 0.15) is 0 Å². The van der Waals surface area contributed by atoms with Gasteiger partial charge in [0.05, 0.1) is 0 Å². The van der Waals surface area contributed by atoms with Crippen molar-refractivity contribution in [2.75, 3.05) is 0 Å². The molecule has 0 radical (unpaired) electrons. The fourth-order valence-corrected chi connectivity index (χ4v) is 2.32. The highest BCUT2D eigenvalue weighted by Gasteiger charge is 2.03. The van der Waals surface area contributed by atoms with Crippen LogP contribution in [0.4, 0.5) is 0 Å². The molecule has 1 unspecified atom stereocenters. The molecule has 0 fully saturated rings. The number of thiocarbonyl (C=S) groups is 1. The molecule has 0 aromatic rings. The Morgan fingerprint density at radius 2 is 1.50 bits per heavy atom. The van der Waals surface area contributed by atoms with Crippen LogP contribution in [0.1, 0.15) is 85.0 Å². The highest BCUT2D eigenvalue weighted by molar-refractivity contribution is 7.80. The Labute approximate surface area is 120 Å². The monoisotopic (exact) mass is 268 g/mol. The minimum absolute atomic E-state index is 0.884. The molecule has 0 amide bonds. The Kier molecular flexibility index (Phi) is 11.8. The normalized spacial score (nSPS) is 12.4. The molecule has 0 rings (SSSR count). The summed E-state index contributed by atoms with van der Waals surface area (Å²) < 4.78 is 0. The predicted octanol–water partition coefficient (Wildman–Crippen LogP) is 6.49. The lowest BCUT2D eigenvalue weighted by Gasteiger charge is -2.11. The van der Waals surface area contributed by atoms with Crippen molar-refractivity contribution in [3.8, 4) is 0 Å². The van der Waals surface area contributed by atoms with Crippen LogP contribution >= 0.6 is 12.2 Å². The smallest absolute Gasteiger partial charge is 0.00742 e. The van der Waals surface area contributed by atoms with E-state index in [0.717, 1.165) is 25.2 Å². The van der Waals surface area contributed by atoms with Crippen molar-refractivity contribution in [2.24, 2.45) is 5.92 Å². The van der Waals surface area contributed by atoms with Crippen molar-refractivity contribution in [1.29, 1.82) is 0 Å². The van der Waals surface area contributed by atoms with Crippen molar-refractivity contribution in [3.63, 3.8) is 0 Å². The molecule has 0 heterocycles. The topological polar surface area (TPSA) is 0 Å². The second-order valence-electron chi connectivity index (χ2n) is 5.59. The molecule has 0 aliphatic rings. The maximum Gasteiger partial charge on any atom is -0.00742 e. The fourth-order valence-electron chi connectivity index (χ4n) is 2.18. The average molecular weight is 269 g/mol. The number of allylic oxidation sites excluding steroid dienone is 1. The van der Waals surface area contributed by atoms with Gasteiger partial charge in [-0.2, -0.15) is 0 Å². The molecule has 106 valence electrons. The summed E-state index contributed by atoms with van der Waals surface area (Å²) in [6.07, 6.45) is 12.7. The molecule has 0 bridgehead atoms. The third-order valence-corrected chi connectivity index (χ3v) is 4.27. The van der Waals surface area contributed by atoms with Gasteiger partial charge in [-0.1, -0.05) is 70.8 Å².